The number of quaternary nitrogens is 1. The molecule has 1 aromatic carbocycles. The van der Waals surface area contributed by atoms with Crippen LogP contribution in [0.15, 0.2) is 24.3 Å². The fourth-order valence-electron chi connectivity index (χ4n) is 1.29. The van der Waals surface area contributed by atoms with Crippen molar-refractivity contribution in [1.82, 2.24) is 0 Å². The van der Waals surface area contributed by atoms with Crippen LogP contribution in [0.25, 0.3) is 0 Å². The van der Waals surface area contributed by atoms with E-state index in [1.165, 1.54) is 4.90 Å². The van der Waals surface area contributed by atoms with Crippen molar-refractivity contribution in [1.29, 1.82) is 0 Å². The van der Waals surface area contributed by atoms with Gasteiger partial charge in [-0.15, -0.1) is 0 Å². The molecule has 0 spiro atoms. The van der Waals surface area contributed by atoms with Crippen LogP contribution in [-0.4, -0.2) is 39.8 Å². The van der Waals surface area contributed by atoms with E-state index in [9.17, 15) is 4.79 Å². The molecule has 17 heavy (non-hydrogen) atoms. The van der Waals surface area contributed by atoms with Crippen LogP contribution in [0.2, 0.25) is 0 Å². The van der Waals surface area contributed by atoms with Gasteiger partial charge in [0.25, 0.3) is 0 Å². The molecular weight excluding hydrogens is 218 g/mol. The van der Waals surface area contributed by atoms with Crippen molar-refractivity contribution in [2.24, 2.45) is 0 Å². The van der Waals surface area contributed by atoms with Gasteiger partial charge in [-0.05, 0) is 31.2 Å². The van der Waals surface area contributed by atoms with Crippen molar-refractivity contribution in [3.8, 4) is 5.75 Å². The maximum Gasteiger partial charge on any atom is 0.338 e. The van der Waals surface area contributed by atoms with Crippen molar-refractivity contribution in [3.63, 3.8) is 0 Å². The van der Waals surface area contributed by atoms with Gasteiger partial charge >= 0.3 is 5.97 Å². The molecule has 0 aliphatic heterocycles. The predicted molar refractivity (Wildman–Crippen MR) is 65.6 cm³/mol. The number of benzene rings is 1. The predicted octanol–water partition coefficient (Wildman–Crippen LogP) is 0.387. The first kappa shape index (κ1) is 13.5. The summed E-state index contributed by atoms with van der Waals surface area (Å²) in [5.41, 5.74) is 0.558. The smallest absolute Gasteiger partial charge is 0.338 e. The minimum Gasteiger partial charge on any atom is -0.494 e. The van der Waals surface area contributed by atoms with Crippen LogP contribution >= 0.6 is 0 Å². The van der Waals surface area contributed by atoms with Crippen molar-refractivity contribution in [3.05, 3.63) is 29.8 Å². The molecule has 0 heterocycles. The molecule has 0 bridgehead atoms. The molecule has 94 valence electrons. The number of likely N-dealkylation sites (N-methyl/N-ethyl adjacent to an activating group) is 1. The molecule has 1 rings (SSSR count). The van der Waals surface area contributed by atoms with Gasteiger partial charge < -0.3 is 14.4 Å². The fourth-order valence-corrected chi connectivity index (χ4v) is 1.29. The van der Waals surface area contributed by atoms with Crippen molar-refractivity contribution < 1.29 is 19.2 Å². The monoisotopic (exact) mass is 238 g/mol. The van der Waals surface area contributed by atoms with Crippen molar-refractivity contribution in [2.45, 2.75) is 6.92 Å². The third-order valence-electron chi connectivity index (χ3n) is 2.24. The molecule has 0 fully saturated rings. The van der Waals surface area contributed by atoms with Crippen LogP contribution < -0.4 is 9.64 Å². The molecule has 0 aliphatic carbocycles. The highest BCUT2D eigenvalue weighted by molar-refractivity contribution is 5.89. The Balaban J connectivity index is 2.46. The zero-order chi connectivity index (χ0) is 12.7. The number of hydrogen-bond acceptors (Lipinski definition) is 3. The van der Waals surface area contributed by atoms with Gasteiger partial charge in [-0.25, -0.2) is 4.79 Å². The summed E-state index contributed by atoms with van der Waals surface area (Å²) in [6.07, 6.45) is 0. The third kappa shape index (κ3) is 4.87. The highest BCUT2D eigenvalue weighted by Crippen LogP contribution is 2.12. The van der Waals surface area contributed by atoms with Gasteiger partial charge in [-0.3, -0.25) is 0 Å². The average Bonchev–Trinajstić information content (AvgIpc) is 2.30. The molecule has 0 unspecified atom stereocenters. The Morgan fingerprint density at radius 2 is 1.88 bits per heavy atom. The number of hydrogen-bond donors (Lipinski definition) is 1. The summed E-state index contributed by atoms with van der Waals surface area (Å²) < 4.78 is 10.4. The molecule has 0 saturated heterocycles. The second kappa shape index (κ2) is 6.91. The Kier molecular flexibility index (Phi) is 5.49. The summed E-state index contributed by atoms with van der Waals surface area (Å²) in [6, 6.07) is 6.99. The maximum atomic E-state index is 11.6. The van der Waals surface area contributed by atoms with E-state index >= 15 is 0 Å². The van der Waals surface area contributed by atoms with E-state index in [0.717, 1.165) is 12.3 Å². The Morgan fingerprint density at radius 1 is 1.24 bits per heavy atom. The second-order valence-electron chi connectivity index (χ2n) is 4.05. The van der Waals surface area contributed by atoms with E-state index in [4.69, 9.17) is 9.47 Å². The largest absolute Gasteiger partial charge is 0.494 e. The average molecular weight is 238 g/mol. The van der Waals surface area contributed by atoms with E-state index < -0.39 is 0 Å². The summed E-state index contributed by atoms with van der Waals surface area (Å²) in [5, 5.41) is 0. The molecule has 4 heteroatoms. The molecule has 0 aromatic heterocycles. The van der Waals surface area contributed by atoms with Crippen LogP contribution in [0.4, 0.5) is 0 Å². The lowest BCUT2D eigenvalue weighted by Crippen LogP contribution is -3.06. The van der Waals surface area contributed by atoms with Gasteiger partial charge in [-0.2, -0.15) is 0 Å². The minimum absolute atomic E-state index is 0.283. The summed E-state index contributed by atoms with van der Waals surface area (Å²) in [5.74, 6) is 0.482. The lowest BCUT2D eigenvalue weighted by Gasteiger charge is -2.08. The highest BCUT2D eigenvalue weighted by atomic mass is 16.5. The molecule has 4 nitrogen and oxygen atoms in total. The molecule has 0 atom stereocenters. The second-order valence-corrected chi connectivity index (χ2v) is 4.05. The molecule has 0 amide bonds. The fraction of sp³-hybridized carbons (Fsp3) is 0.462. The zero-order valence-corrected chi connectivity index (χ0v) is 10.7. The molecule has 0 aliphatic rings. The molecule has 1 aromatic rings. The van der Waals surface area contributed by atoms with Crippen molar-refractivity contribution >= 4 is 5.97 Å². The van der Waals surface area contributed by atoms with Gasteiger partial charge in [0, 0.05) is 0 Å². The van der Waals surface area contributed by atoms with Crippen LogP contribution in [-0.2, 0) is 4.74 Å². The first-order valence-electron chi connectivity index (χ1n) is 5.82. The Morgan fingerprint density at radius 3 is 2.41 bits per heavy atom. The van der Waals surface area contributed by atoms with Crippen LogP contribution in [0.3, 0.4) is 0 Å². The Labute approximate surface area is 102 Å². The van der Waals surface area contributed by atoms with Gasteiger partial charge in [0.05, 0.1) is 26.3 Å². The van der Waals surface area contributed by atoms with Crippen LogP contribution in [0, 0.1) is 0 Å². The van der Waals surface area contributed by atoms with E-state index in [1.54, 1.807) is 24.3 Å². The lowest BCUT2D eigenvalue weighted by molar-refractivity contribution is -0.858. The number of ether oxygens (including phenoxy) is 2. The number of esters is 1. The topological polar surface area (TPSA) is 40.0 Å². The van der Waals surface area contributed by atoms with Crippen LogP contribution in [0.1, 0.15) is 17.3 Å². The first-order chi connectivity index (χ1) is 8.13. The summed E-state index contributed by atoms with van der Waals surface area (Å²) in [7, 11) is 4.04. The van der Waals surface area contributed by atoms with Gasteiger partial charge in [0.1, 0.15) is 18.9 Å². The quantitative estimate of drug-likeness (QED) is 0.729. The van der Waals surface area contributed by atoms with Crippen molar-refractivity contribution in [2.75, 3.05) is 33.9 Å². The standard InChI is InChI=1S/C13H19NO3/c1-4-16-12-7-5-11(6-8-12)13(15)17-10-9-14(2)3/h5-8H,4,9-10H2,1-3H3/p+1. The van der Waals surface area contributed by atoms with Crippen LogP contribution in [0.5, 0.6) is 5.75 Å². The molecule has 1 N–H and O–H groups in total. The molecular formula is C13H20NO3+. The van der Waals surface area contributed by atoms with Gasteiger partial charge in [0.2, 0.25) is 0 Å². The summed E-state index contributed by atoms with van der Waals surface area (Å²) >= 11 is 0. The highest BCUT2D eigenvalue weighted by Gasteiger charge is 2.07. The number of carbonyl (C=O) groups excluding carboxylic acids is 1. The van der Waals surface area contributed by atoms with Gasteiger partial charge in [-0.1, -0.05) is 0 Å². The zero-order valence-electron chi connectivity index (χ0n) is 10.7. The molecule has 0 radical (unpaired) electrons. The summed E-state index contributed by atoms with van der Waals surface area (Å²) in [4.78, 5) is 12.9. The summed E-state index contributed by atoms with van der Waals surface area (Å²) in [6.45, 7) is 3.79. The third-order valence-corrected chi connectivity index (χ3v) is 2.24. The SMILES string of the molecule is CCOc1ccc(C(=O)OCC[NH+](C)C)cc1. The normalized spacial score (nSPS) is 10.4. The van der Waals surface area contributed by atoms with E-state index in [0.29, 0.717) is 18.8 Å². The Hall–Kier alpha value is -1.55. The van der Waals surface area contributed by atoms with Gasteiger partial charge in [0.15, 0.2) is 0 Å². The minimum atomic E-state index is -0.283. The Bertz CT molecular complexity index is 346. The molecule has 0 saturated carbocycles. The number of nitrogens with one attached hydrogen (secondary N) is 1. The lowest BCUT2D eigenvalue weighted by atomic mass is 10.2. The maximum absolute atomic E-state index is 11.6. The van der Waals surface area contributed by atoms with E-state index in [2.05, 4.69) is 0 Å². The number of carbonyl (C=O) groups is 1. The van der Waals surface area contributed by atoms with E-state index in [-0.39, 0.29) is 5.97 Å². The van der Waals surface area contributed by atoms with E-state index in [1.807, 2.05) is 21.0 Å². The first-order valence-corrected chi connectivity index (χ1v) is 5.82. The number of rotatable bonds is 6.